The van der Waals surface area contributed by atoms with E-state index in [1.807, 2.05) is 26.8 Å². The zero-order valence-corrected chi connectivity index (χ0v) is 13.1. The lowest BCUT2D eigenvalue weighted by molar-refractivity contribution is -0.604. The van der Waals surface area contributed by atoms with Gasteiger partial charge in [0.25, 0.3) is 10.0 Å². The minimum absolute atomic E-state index is 0.0940. The first kappa shape index (κ1) is 14.8. The predicted octanol–water partition coefficient (Wildman–Crippen LogP) is 2.48. The van der Waals surface area contributed by atoms with Gasteiger partial charge in [-0.2, -0.15) is 4.73 Å². The molecular weight excluding hydrogens is 296 g/mol. The molecule has 0 aromatic carbocycles. The Morgan fingerprint density at radius 1 is 1.25 bits per heavy atom. The molecule has 0 saturated carbocycles. The number of rotatable bonds is 3. The first-order valence-corrected chi connectivity index (χ1v) is 8.30. The van der Waals surface area contributed by atoms with E-state index >= 15 is 0 Å². The van der Waals surface area contributed by atoms with Crippen LogP contribution in [0.4, 0.5) is 5.69 Å². The summed E-state index contributed by atoms with van der Waals surface area (Å²) in [6.07, 6.45) is 2.47. The Hall–Kier alpha value is -1.60. The van der Waals surface area contributed by atoms with Gasteiger partial charge in [0, 0.05) is 10.9 Å². The highest BCUT2D eigenvalue weighted by atomic mass is 32.2. The molecule has 108 valence electrons. The summed E-state index contributed by atoms with van der Waals surface area (Å²) in [6.45, 7) is 6.08. The Morgan fingerprint density at radius 2 is 1.95 bits per heavy atom. The predicted molar refractivity (Wildman–Crippen MR) is 79.2 cm³/mol. The summed E-state index contributed by atoms with van der Waals surface area (Å²) in [6, 6.07) is 6.42. The maximum Gasteiger partial charge on any atom is 0.271 e. The van der Waals surface area contributed by atoms with Crippen LogP contribution in [-0.2, 0) is 15.4 Å². The van der Waals surface area contributed by atoms with E-state index in [2.05, 4.69) is 4.72 Å². The SMILES string of the molecule is CC(C)(C)c1ccc(S(=O)(=O)Nc2ccc[n+]([O-])c2)s1. The Kier molecular flexibility index (Phi) is 3.75. The molecule has 0 unspecified atom stereocenters. The second kappa shape index (κ2) is 5.06. The third-order valence-electron chi connectivity index (χ3n) is 2.61. The van der Waals surface area contributed by atoms with Gasteiger partial charge in [-0.25, -0.2) is 8.42 Å². The van der Waals surface area contributed by atoms with E-state index < -0.39 is 10.0 Å². The lowest BCUT2D eigenvalue weighted by Gasteiger charge is -2.15. The van der Waals surface area contributed by atoms with Crippen molar-refractivity contribution in [2.45, 2.75) is 30.4 Å². The summed E-state index contributed by atoms with van der Waals surface area (Å²) in [5.41, 5.74) is 0.150. The molecule has 0 aliphatic carbocycles. The Labute approximate surface area is 122 Å². The average Bonchev–Trinajstić information content (AvgIpc) is 2.77. The molecule has 0 aliphatic rings. The first-order chi connectivity index (χ1) is 9.18. The van der Waals surface area contributed by atoms with Crippen LogP contribution in [0.2, 0.25) is 0 Å². The molecule has 0 spiro atoms. The smallest absolute Gasteiger partial charge is 0.271 e. The molecule has 20 heavy (non-hydrogen) atoms. The lowest BCUT2D eigenvalue weighted by Crippen LogP contribution is -2.25. The van der Waals surface area contributed by atoms with E-state index in [1.54, 1.807) is 6.07 Å². The summed E-state index contributed by atoms with van der Waals surface area (Å²) < 4.78 is 27.7. The van der Waals surface area contributed by atoms with Crippen molar-refractivity contribution in [3.8, 4) is 0 Å². The number of nitrogens with zero attached hydrogens (tertiary/aromatic N) is 1. The number of sulfonamides is 1. The molecule has 2 rings (SSSR count). The first-order valence-electron chi connectivity index (χ1n) is 6.00. The monoisotopic (exact) mass is 312 g/mol. The van der Waals surface area contributed by atoms with E-state index in [-0.39, 0.29) is 15.3 Å². The molecule has 0 amide bonds. The number of aromatic nitrogens is 1. The largest absolute Gasteiger partial charge is 0.619 e. The number of nitrogens with one attached hydrogen (secondary N) is 1. The molecule has 1 N–H and O–H groups in total. The van der Waals surface area contributed by atoms with Crippen LogP contribution in [0.3, 0.4) is 0 Å². The van der Waals surface area contributed by atoms with Crippen molar-refractivity contribution in [2.24, 2.45) is 0 Å². The van der Waals surface area contributed by atoms with Gasteiger partial charge < -0.3 is 5.21 Å². The van der Waals surface area contributed by atoms with Crippen LogP contribution in [-0.4, -0.2) is 8.42 Å². The molecular formula is C13H16N2O3S2. The van der Waals surface area contributed by atoms with Gasteiger partial charge in [-0.1, -0.05) is 20.8 Å². The molecule has 2 heterocycles. The Morgan fingerprint density at radius 3 is 2.50 bits per heavy atom. The molecule has 0 saturated heterocycles. The van der Waals surface area contributed by atoms with Gasteiger partial charge >= 0.3 is 0 Å². The molecule has 7 heteroatoms. The Balaban J connectivity index is 2.29. The zero-order valence-electron chi connectivity index (χ0n) is 11.5. The van der Waals surface area contributed by atoms with Crippen LogP contribution in [0.25, 0.3) is 0 Å². The van der Waals surface area contributed by atoms with Crippen molar-refractivity contribution in [1.29, 1.82) is 0 Å². The standard InChI is InChI=1S/C13H16N2O3S2/c1-13(2,3)11-6-7-12(19-11)20(17,18)14-10-5-4-8-15(16)9-10/h4-9,14H,1-3H3. The van der Waals surface area contributed by atoms with Crippen LogP contribution >= 0.6 is 11.3 Å². The summed E-state index contributed by atoms with van der Waals surface area (Å²) in [5, 5.41) is 11.1. The number of hydrogen-bond donors (Lipinski definition) is 1. The molecule has 0 bridgehead atoms. The van der Waals surface area contributed by atoms with E-state index in [9.17, 15) is 13.6 Å². The fraction of sp³-hybridized carbons (Fsp3) is 0.308. The average molecular weight is 312 g/mol. The normalized spacial score (nSPS) is 12.3. The van der Waals surface area contributed by atoms with Gasteiger partial charge in [0.05, 0.1) is 0 Å². The summed E-state index contributed by atoms with van der Waals surface area (Å²) in [7, 11) is -3.65. The highest BCUT2D eigenvalue weighted by Crippen LogP contribution is 2.32. The maximum atomic E-state index is 12.2. The molecule has 2 aromatic rings. The molecule has 2 aromatic heterocycles. The topological polar surface area (TPSA) is 73.1 Å². The minimum atomic E-state index is -3.65. The number of anilines is 1. The third kappa shape index (κ3) is 3.29. The van der Waals surface area contributed by atoms with Crippen molar-refractivity contribution >= 4 is 27.0 Å². The van der Waals surface area contributed by atoms with Crippen LogP contribution in [0.5, 0.6) is 0 Å². The van der Waals surface area contributed by atoms with Crippen molar-refractivity contribution in [3.05, 3.63) is 46.7 Å². The second-order valence-corrected chi connectivity index (χ2v) is 8.42. The highest BCUT2D eigenvalue weighted by molar-refractivity contribution is 7.94. The molecule has 0 aliphatic heterocycles. The van der Waals surface area contributed by atoms with Crippen LogP contribution in [0.1, 0.15) is 25.6 Å². The fourth-order valence-corrected chi connectivity index (χ4v) is 4.00. The summed E-state index contributed by atoms with van der Waals surface area (Å²) in [4.78, 5) is 0.991. The molecule has 5 nitrogen and oxygen atoms in total. The molecule has 0 fully saturated rings. The maximum absolute atomic E-state index is 12.2. The third-order valence-corrected chi connectivity index (χ3v) is 6.00. The summed E-state index contributed by atoms with van der Waals surface area (Å²) in [5.74, 6) is 0. The number of hydrogen-bond acceptors (Lipinski definition) is 4. The zero-order chi connectivity index (χ0) is 15.0. The van der Waals surface area contributed by atoms with E-state index in [4.69, 9.17) is 0 Å². The van der Waals surface area contributed by atoms with Crippen LogP contribution in [0.15, 0.2) is 40.9 Å². The molecule has 0 atom stereocenters. The highest BCUT2D eigenvalue weighted by Gasteiger charge is 2.22. The van der Waals surface area contributed by atoms with Gasteiger partial charge in [-0.05, 0) is 23.6 Å². The number of thiophene rings is 1. The minimum Gasteiger partial charge on any atom is -0.619 e. The van der Waals surface area contributed by atoms with Crippen LogP contribution in [0, 0.1) is 5.21 Å². The quantitative estimate of drug-likeness (QED) is 0.699. The van der Waals surface area contributed by atoms with Crippen molar-refractivity contribution in [2.75, 3.05) is 4.72 Å². The van der Waals surface area contributed by atoms with Gasteiger partial charge in [-0.3, -0.25) is 4.72 Å². The fourth-order valence-electron chi connectivity index (χ4n) is 1.59. The van der Waals surface area contributed by atoms with Gasteiger partial charge in [0.15, 0.2) is 6.20 Å². The van der Waals surface area contributed by atoms with Crippen molar-refractivity contribution < 1.29 is 13.1 Å². The lowest BCUT2D eigenvalue weighted by atomic mass is 9.95. The van der Waals surface area contributed by atoms with E-state index in [0.29, 0.717) is 4.73 Å². The summed E-state index contributed by atoms with van der Waals surface area (Å²) >= 11 is 1.23. The second-order valence-electron chi connectivity index (χ2n) is 5.43. The van der Waals surface area contributed by atoms with Gasteiger partial charge in [0.2, 0.25) is 6.20 Å². The Bertz CT molecular complexity index is 715. The number of pyridine rings is 1. The van der Waals surface area contributed by atoms with E-state index in [0.717, 1.165) is 4.88 Å². The van der Waals surface area contributed by atoms with E-state index in [1.165, 1.54) is 35.9 Å². The van der Waals surface area contributed by atoms with Crippen molar-refractivity contribution in [1.82, 2.24) is 0 Å². The van der Waals surface area contributed by atoms with Gasteiger partial charge in [0.1, 0.15) is 9.90 Å². The molecule has 0 radical (unpaired) electrons. The van der Waals surface area contributed by atoms with Gasteiger partial charge in [-0.15, -0.1) is 11.3 Å². The van der Waals surface area contributed by atoms with Crippen molar-refractivity contribution in [3.63, 3.8) is 0 Å². The van der Waals surface area contributed by atoms with Crippen LogP contribution < -0.4 is 9.45 Å².